The number of allylic oxidation sites excluding steroid dienone is 4. The smallest absolute Gasteiger partial charge is 0.353 e. The van der Waals surface area contributed by atoms with Gasteiger partial charge in [-0.2, -0.15) is 26.3 Å². The lowest BCUT2D eigenvalue weighted by Gasteiger charge is -2.39. The fourth-order valence-corrected chi connectivity index (χ4v) is 18.7. The zero-order chi connectivity index (χ0) is 99.1. The molecule has 8 aromatic rings. The number of hydrogen-bond acceptors (Lipinski definition) is 24. The molecule has 8 atom stereocenters. The maximum Gasteiger partial charge on any atom is 0.396 e. The van der Waals surface area contributed by atoms with E-state index < -0.39 is 36.0 Å². The van der Waals surface area contributed by atoms with Crippen molar-refractivity contribution >= 4 is 117 Å². The Morgan fingerprint density at radius 3 is 0.797 bits per heavy atom. The average Bonchev–Trinajstić information content (AvgIpc) is 0.745. The molecule has 8 aliphatic heterocycles. The number of hydrogen-bond donors (Lipinski definition) is 8. The molecule has 0 spiro atoms. The summed E-state index contributed by atoms with van der Waals surface area (Å²) in [7, 11) is 0. The van der Waals surface area contributed by atoms with Crippen molar-refractivity contribution in [3.8, 4) is 0 Å². The Hall–Kier alpha value is -11.0. The number of amides is 4. The van der Waals surface area contributed by atoms with E-state index in [0.29, 0.717) is 149 Å². The van der Waals surface area contributed by atoms with E-state index in [0.717, 1.165) is 107 Å². The number of benzene rings is 4. The largest absolute Gasteiger partial charge is 0.396 e. The van der Waals surface area contributed by atoms with Crippen molar-refractivity contribution in [2.45, 2.75) is 167 Å². The number of aromatic nitrogens is 8. The molecule has 0 radical (unpaired) electrons. The second kappa shape index (κ2) is 46.9. The van der Waals surface area contributed by atoms with Crippen LogP contribution in [0.25, 0.3) is 0 Å². The highest BCUT2D eigenvalue weighted by atomic mass is 35.5. The van der Waals surface area contributed by atoms with Crippen LogP contribution >= 0.6 is 46.4 Å². The molecule has 4 fully saturated rings. The molecule has 138 heavy (non-hydrogen) atoms. The molecule has 4 amide bonds. The Bertz CT molecular complexity index is 5220. The number of alkyl halides is 6. The van der Waals surface area contributed by atoms with Gasteiger partial charge in [-0.05, 0) is 95.5 Å². The van der Waals surface area contributed by atoms with Crippen molar-refractivity contribution in [1.29, 1.82) is 0 Å². The lowest BCUT2D eigenvalue weighted by Crippen LogP contribution is -2.51. The van der Waals surface area contributed by atoms with Gasteiger partial charge in [-0.15, -0.1) is 0 Å². The van der Waals surface area contributed by atoms with E-state index in [2.05, 4.69) is 160 Å². The maximum atomic E-state index is 13.9. The molecule has 4 aromatic heterocycles. The molecule has 0 saturated carbocycles. The van der Waals surface area contributed by atoms with Gasteiger partial charge in [0.05, 0.1) is 35.5 Å². The van der Waals surface area contributed by atoms with Gasteiger partial charge in [0.25, 0.3) is 0 Å². The summed E-state index contributed by atoms with van der Waals surface area (Å²) < 4.78 is 83.4. The van der Waals surface area contributed by atoms with Crippen LogP contribution in [0, 0.1) is 11.8 Å². The number of nitrogens with zero attached hydrogens (tertiary/aromatic N) is 16. The Balaban J connectivity index is 0.000000155. The van der Waals surface area contributed by atoms with Crippen molar-refractivity contribution in [1.82, 2.24) is 80.7 Å². The summed E-state index contributed by atoms with van der Waals surface area (Å²) in [5.74, 6) is 0.621. The monoisotopic (exact) mass is 1980 g/mol. The average molecular weight is 1980 g/mol. The van der Waals surface area contributed by atoms with Crippen LogP contribution in [0.4, 0.5) is 72.9 Å². The van der Waals surface area contributed by atoms with Crippen LogP contribution in [-0.2, 0) is 32.0 Å². The number of fused-ring (bicyclic) bond motifs is 4. The lowest BCUT2D eigenvalue weighted by molar-refractivity contribution is -0.151. The molecule has 38 heteroatoms. The van der Waals surface area contributed by atoms with E-state index in [9.17, 15) is 45.5 Å². The van der Waals surface area contributed by atoms with Crippen LogP contribution in [0.5, 0.6) is 0 Å². The molecule has 28 nitrogen and oxygen atoms in total. The van der Waals surface area contributed by atoms with Gasteiger partial charge in [0.2, 0.25) is 23.6 Å². The highest BCUT2D eigenvalue weighted by molar-refractivity contribution is 6.31. The molecule has 8 N–H and O–H groups in total. The van der Waals surface area contributed by atoms with E-state index in [-0.39, 0.29) is 106 Å². The second-order valence-corrected chi connectivity index (χ2v) is 39.2. The number of halogens is 10. The summed E-state index contributed by atoms with van der Waals surface area (Å²) in [6, 6.07) is 30.8. The molecule has 12 heterocycles. The van der Waals surface area contributed by atoms with Crippen LogP contribution in [0.15, 0.2) is 171 Å². The summed E-state index contributed by atoms with van der Waals surface area (Å²) >= 11 is 24.2. The van der Waals surface area contributed by atoms with Crippen LogP contribution < -0.4 is 62.1 Å². The molecule has 740 valence electrons. The third-order valence-electron chi connectivity index (χ3n) is 26.1. The predicted octanol–water partition coefficient (Wildman–Crippen LogP) is 16.4. The van der Waals surface area contributed by atoms with Crippen molar-refractivity contribution in [2.24, 2.45) is 11.8 Å². The number of nitrogens with one attached hydrogen (secondary N) is 8. The summed E-state index contributed by atoms with van der Waals surface area (Å²) in [6.07, 6.45) is -1.95. The third kappa shape index (κ3) is 26.6. The molecular formula is C100H126Cl4F6N24O4. The second-order valence-electron chi connectivity index (χ2n) is 37.5. The van der Waals surface area contributed by atoms with Gasteiger partial charge in [-0.25, -0.2) is 39.9 Å². The SMILES string of the molecule is C=C1C[C@@H](C(F)(F)F)c2c(ncnc2N2CCN(C(=O)[C@H](CNC(C)C)c3ccc(Cl)cc3)CC2)N1.C=C1C[C@H](C(F)(F)F)c2c(ncnc2N2CCN(C(=O)[C@H](CNC(C)C)c3ccc(Cl)cc3)CC2)N1.C=C1Nc2ncnc(N3CCN(C(=O)[C@H](CNC(C)C)c4ccc(Cl)cc4)CC3)c2C[C@@H]1C.C=C1Nc2ncnc(N3CCN(C(=O)[C@H](CNC(C)C)c4ccc(Cl)cc4)CC3)c2C[C@H]1C. The number of piperazine rings is 4. The first-order valence-electron chi connectivity index (χ1n) is 47.2. The standard InChI is InChI=1S/2C25H30ClF3N6O.2C25H33ClN6O/c2*1-15(2)30-13-19(17-4-6-18(26)7-5-17)24(36)35-10-8-34(9-11-35)23-21-20(25(27,28)29)12-16(3)33-22(21)31-14-32-23;2*1-16(2)27-14-22(19-5-7-20(26)8-6-19)25(33)32-11-9-31(10-12-32)24-21-13-17(3)18(4)30-23(21)28-15-29-24/h2*4-7,14-15,19-20,30H,3,8-13H2,1-2H3,(H,31,32,33);2*5-8,15-17,22,27H,4,9-14H2,1-3H3,(H,28,29,30)/t19-,20+;19-,20-;17-,22+;17-,22-/m1101/s1. The zero-order valence-electron chi connectivity index (χ0n) is 79.8. The first-order chi connectivity index (χ1) is 65.7. The zero-order valence-corrected chi connectivity index (χ0v) is 82.9. The van der Waals surface area contributed by atoms with E-state index in [4.69, 9.17) is 46.4 Å². The number of carbonyl (C=O) groups excluding carboxylic acids is 4. The molecule has 0 unspecified atom stereocenters. The molecular weight excluding hydrogens is 1860 g/mol. The Morgan fingerprint density at radius 2 is 0.565 bits per heavy atom. The maximum absolute atomic E-state index is 13.9. The minimum atomic E-state index is -4.45. The summed E-state index contributed by atoms with van der Waals surface area (Å²) in [5, 5.41) is 28.5. The first-order valence-corrected chi connectivity index (χ1v) is 48.7. The minimum Gasteiger partial charge on any atom is -0.353 e. The predicted molar refractivity (Wildman–Crippen MR) is 536 cm³/mol. The van der Waals surface area contributed by atoms with Gasteiger partial charge >= 0.3 is 12.4 Å². The van der Waals surface area contributed by atoms with Crippen molar-refractivity contribution in [3.63, 3.8) is 0 Å². The van der Waals surface area contributed by atoms with Crippen LogP contribution in [-0.4, -0.2) is 251 Å². The fourth-order valence-electron chi connectivity index (χ4n) is 18.2. The third-order valence-corrected chi connectivity index (χ3v) is 27.1. The van der Waals surface area contributed by atoms with E-state index in [1.165, 1.54) is 12.7 Å². The highest BCUT2D eigenvalue weighted by Crippen LogP contribution is 2.50. The van der Waals surface area contributed by atoms with Gasteiger partial charge in [0.15, 0.2) is 0 Å². The van der Waals surface area contributed by atoms with E-state index in [1.807, 2.05) is 120 Å². The molecule has 0 aliphatic carbocycles. The minimum absolute atomic E-state index is 0.0269. The number of rotatable bonds is 24. The molecule has 8 aliphatic rings. The summed E-state index contributed by atoms with van der Waals surface area (Å²) in [5.41, 5.74) is 8.59. The Labute approximate surface area is 824 Å². The molecule has 4 aromatic carbocycles. The number of carbonyl (C=O) groups is 4. The van der Waals surface area contributed by atoms with Crippen molar-refractivity contribution in [3.05, 3.63) is 236 Å². The van der Waals surface area contributed by atoms with Gasteiger partial charge in [0, 0.05) is 233 Å². The Morgan fingerprint density at radius 1 is 0.341 bits per heavy atom. The van der Waals surface area contributed by atoms with Crippen molar-refractivity contribution in [2.75, 3.05) is 172 Å². The van der Waals surface area contributed by atoms with Crippen LogP contribution in [0.2, 0.25) is 20.1 Å². The normalized spacial score (nSPS) is 19.2. The summed E-state index contributed by atoms with van der Waals surface area (Å²) in [6.45, 7) is 47.1. The molecule has 16 rings (SSSR count). The lowest BCUT2D eigenvalue weighted by atomic mass is 9.90. The number of anilines is 8. The first kappa shape index (κ1) is 104. The fraction of sp³-hybridized carbons (Fsp3) is 0.480. The summed E-state index contributed by atoms with van der Waals surface area (Å²) in [4.78, 5) is 104. The van der Waals surface area contributed by atoms with Crippen LogP contribution in [0.1, 0.15) is 162 Å². The van der Waals surface area contributed by atoms with Gasteiger partial charge < -0.3 is 81.7 Å². The van der Waals surface area contributed by atoms with Gasteiger partial charge in [-0.3, -0.25) is 19.2 Å². The Kier molecular flexibility index (Phi) is 35.4. The van der Waals surface area contributed by atoms with Gasteiger partial charge in [-0.1, -0.05) is 190 Å². The van der Waals surface area contributed by atoms with Crippen molar-refractivity contribution < 1.29 is 45.5 Å². The quantitative estimate of drug-likeness (QED) is 0.0261. The van der Waals surface area contributed by atoms with Crippen LogP contribution in [0.3, 0.4) is 0 Å². The topological polar surface area (TPSA) is 294 Å². The highest BCUT2D eigenvalue weighted by Gasteiger charge is 2.49. The molecule has 4 saturated heterocycles. The van der Waals surface area contributed by atoms with E-state index in [1.54, 1.807) is 46.7 Å². The van der Waals surface area contributed by atoms with Gasteiger partial charge in [0.1, 0.15) is 71.9 Å². The van der Waals surface area contributed by atoms with E-state index >= 15 is 0 Å². The molecule has 0 bridgehead atoms.